The van der Waals surface area contributed by atoms with Gasteiger partial charge in [-0.15, -0.1) is 0 Å². The van der Waals surface area contributed by atoms with Gasteiger partial charge in [-0.25, -0.2) is 4.99 Å². The van der Waals surface area contributed by atoms with Crippen LogP contribution in [-0.2, 0) is 16.1 Å². The van der Waals surface area contributed by atoms with E-state index in [2.05, 4.69) is 42.7 Å². The summed E-state index contributed by atoms with van der Waals surface area (Å²) >= 11 is 0. The predicted molar refractivity (Wildman–Crippen MR) is 123 cm³/mol. The van der Waals surface area contributed by atoms with E-state index < -0.39 is 0 Å². The zero-order valence-corrected chi connectivity index (χ0v) is 19.3. The average Bonchev–Trinajstić information content (AvgIpc) is 3.26. The van der Waals surface area contributed by atoms with Crippen LogP contribution in [-0.4, -0.2) is 62.3 Å². The highest BCUT2D eigenvalue weighted by atomic mass is 16.5. The number of nitrogens with zero attached hydrogens (tertiary/aromatic N) is 2. The first-order valence-corrected chi connectivity index (χ1v) is 11.7. The molecule has 2 N–H and O–H groups in total. The van der Waals surface area contributed by atoms with Gasteiger partial charge in [0.05, 0.1) is 19.8 Å². The zero-order valence-electron chi connectivity index (χ0n) is 19.3. The topological polar surface area (TPSA) is 75.2 Å². The molecule has 172 valence electrons. The number of amides is 1. The molecule has 2 aliphatic heterocycles. The molecule has 0 radical (unpaired) electrons. The average molecular weight is 431 g/mol. The number of likely N-dealkylation sites (tertiary alicyclic amines) is 1. The van der Waals surface area contributed by atoms with Gasteiger partial charge in [0, 0.05) is 44.6 Å². The highest BCUT2D eigenvalue weighted by Crippen LogP contribution is 2.24. The first-order valence-electron chi connectivity index (χ1n) is 11.7. The Morgan fingerprint density at radius 2 is 2.19 bits per heavy atom. The quantitative estimate of drug-likeness (QED) is 0.490. The molecule has 7 heteroatoms. The molecular formula is C24H38N4O3. The zero-order chi connectivity index (χ0) is 22.1. The third-order valence-electron chi connectivity index (χ3n) is 5.80. The third kappa shape index (κ3) is 7.42. The lowest BCUT2D eigenvalue weighted by molar-refractivity contribution is -0.132. The minimum Gasteiger partial charge on any atom is -0.488 e. The number of carbonyl (C=O) groups excluding carboxylic acids is 1. The van der Waals surface area contributed by atoms with Gasteiger partial charge < -0.3 is 25.0 Å². The van der Waals surface area contributed by atoms with Crippen molar-refractivity contribution in [1.29, 1.82) is 0 Å². The van der Waals surface area contributed by atoms with Gasteiger partial charge in [0.15, 0.2) is 5.96 Å². The minimum absolute atomic E-state index is 0.111. The summed E-state index contributed by atoms with van der Waals surface area (Å²) in [5.74, 6) is 2.43. The van der Waals surface area contributed by atoms with Crippen LogP contribution >= 0.6 is 0 Å². The summed E-state index contributed by atoms with van der Waals surface area (Å²) in [4.78, 5) is 19.2. The molecule has 2 unspecified atom stereocenters. The maximum absolute atomic E-state index is 12.5. The van der Waals surface area contributed by atoms with Crippen LogP contribution in [0.25, 0.3) is 0 Å². The normalized spacial score (nSPS) is 21.8. The molecule has 2 atom stereocenters. The van der Waals surface area contributed by atoms with Crippen LogP contribution in [0.15, 0.2) is 23.2 Å². The fraction of sp³-hybridized carbons (Fsp3) is 0.667. The molecule has 3 rings (SSSR count). The molecular weight excluding hydrogens is 392 g/mol. The van der Waals surface area contributed by atoms with Crippen LogP contribution in [0.3, 0.4) is 0 Å². The predicted octanol–water partition coefficient (Wildman–Crippen LogP) is 2.87. The van der Waals surface area contributed by atoms with Crippen LogP contribution in [0.5, 0.6) is 5.75 Å². The van der Waals surface area contributed by atoms with Gasteiger partial charge in [-0.2, -0.15) is 0 Å². The molecule has 1 amide bonds. The Kier molecular flexibility index (Phi) is 9.00. The Hall–Kier alpha value is -2.28. The van der Waals surface area contributed by atoms with Crippen LogP contribution in [0, 0.1) is 12.8 Å². The van der Waals surface area contributed by atoms with Crippen molar-refractivity contribution < 1.29 is 14.3 Å². The second kappa shape index (κ2) is 11.9. The van der Waals surface area contributed by atoms with Crippen LogP contribution in [0.4, 0.5) is 0 Å². The summed E-state index contributed by atoms with van der Waals surface area (Å²) in [5, 5.41) is 6.58. The molecule has 2 aliphatic rings. The minimum atomic E-state index is 0.111. The summed E-state index contributed by atoms with van der Waals surface area (Å²) < 4.78 is 11.6. The van der Waals surface area contributed by atoms with E-state index in [0.29, 0.717) is 32.0 Å². The van der Waals surface area contributed by atoms with Crippen molar-refractivity contribution in [2.75, 3.05) is 39.4 Å². The lowest BCUT2D eigenvalue weighted by atomic mass is 10.00. The number of guanidine groups is 1. The van der Waals surface area contributed by atoms with Crippen molar-refractivity contribution in [3.05, 3.63) is 29.3 Å². The summed E-state index contributed by atoms with van der Waals surface area (Å²) in [7, 11) is 0. The van der Waals surface area contributed by atoms with Gasteiger partial charge >= 0.3 is 0 Å². The number of hydrogen-bond donors (Lipinski definition) is 2. The monoisotopic (exact) mass is 430 g/mol. The van der Waals surface area contributed by atoms with E-state index in [0.717, 1.165) is 61.9 Å². The molecule has 0 saturated carbocycles. The standard InChI is InChI=1S/C24H38N4O3/c1-4-25-24(26-11-9-23(29)28-12-5-6-19(3)16-28)27-15-20-8-7-18(2)14-22(20)31-21-10-13-30-17-21/h7-8,14,19,21H,4-6,9-13,15-17H2,1-3H3,(H2,25,26,27). The summed E-state index contributed by atoms with van der Waals surface area (Å²) in [6, 6.07) is 6.23. The van der Waals surface area contributed by atoms with E-state index in [4.69, 9.17) is 14.5 Å². The van der Waals surface area contributed by atoms with Crippen molar-refractivity contribution in [3.8, 4) is 5.75 Å². The molecule has 2 fully saturated rings. The third-order valence-corrected chi connectivity index (χ3v) is 5.80. The summed E-state index contributed by atoms with van der Waals surface area (Å²) in [6.45, 7) is 11.3. The molecule has 31 heavy (non-hydrogen) atoms. The van der Waals surface area contributed by atoms with E-state index in [-0.39, 0.29) is 12.0 Å². The van der Waals surface area contributed by atoms with Gasteiger partial charge in [0.1, 0.15) is 11.9 Å². The lowest BCUT2D eigenvalue weighted by Crippen LogP contribution is -2.42. The van der Waals surface area contributed by atoms with Gasteiger partial charge in [0.2, 0.25) is 5.91 Å². The number of piperidine rings is 1. The van der Waals surface area contributed by atoms with Gasteiger partial charge in [-0.05, 0) is 44.2 Å². The summed E-state index contributed by atoms with van der Waals surface area (Å²) in [6.07, 6.45) is 3.85. The van der Waals surface area contributed by atoms with E-state index in [1.165, 1.54) is 6.42 Å². The lowest BCUT2D eigenvalue weighted by Gasteiger charge is -2.31. The van der Waals surface area contributed by atoms with Crippen molar-refractivity contribution in [3.63, 3.8) is 0 Å². The van der Waals surface area contributed by atoms with E-state index >= 15 is 0 Å². The van der Waals surface area contributed by atoms with Gasteiger partial charge in [-0.3, -0.25) is 4.79 Å². The number of rotatable bonds is 8. The molecule has 7 nitrogen and oxygen atoms in total. The second-order valence-corrected chi connectivity index (χ2v) is 8.67. The van der Waals surface area contributed by atoms with Gasteiger partial charge in [-0.1, -0.05) is 19.1 Å². The Balaban J connectivity index is 1.54. The van der Waals surface area contributed by atoms with E-state index in [1.54, 1.807) is 0 Å². The number of carbonyl (C=O) groups is 1. The maximum Gasteiger partial charge on any atom is 0.224 e. The Morgan fingerprint density at radius 3 is 2.94 bits per heavy atom. The van der Waals surface area contributed by atoms with Crippen LogP contribution in [0.1, 0.15) is 50.7 Å². The number of benzene rings is 1. The number of ether oxygens (including phenoxy) is 2. The molecule has 2 saturated heterocycles. The smallest absolute Gasteiger partial charge is 0.224 e. The number of hydrogen-bond acceptors (Lipinski definition) is 4. The van der Waals surface area contributed by atoms with E-state index in [9.17, 15) is 4.79 Å². The Morgan fingerprint density at radius 1 is 1.32 bits per heavy atom. The Bertz CT molecular complexity index is 746. The molecule has 1 aromatic rings. The molecule has 2 heterocycles. The number of nitrogens with one attached hydrogen (secondary N) is 2. The van der Waals surface area contributed by atoms with Crippen molar-refractivity contribution in [1.82, 2.24) is 15.5 Å². The first kappa shape index (κ1) is 23.4. The van der Waals surface area contributed by atoms with Gasteiger partial charge in [0.25, 0.3) is 0 Å². The van der Waals surface area contributed by atoms with Crippen LogP contribution < -0.4 is 15.4 Å². The van der Waals surface area contributed by atoms with E-state index in [1.807, 2.05) is 11.8 Å². The maximum atomic E-state index is 12.5. The molecule has 0 aliphatic carbocycles. The van der Waals surface area contributed by atoms with Crippen LogP contribution in [0.2, 0.25) is 0 Å². The fourth-order valence-electron chi connectivity index (χ4n) is 4.06. The molecule has 0 aromatic heterocycles. The molecule has 1 aromatic carbocycles. The van der Waals surface area contributed by atoms with Crippen molar-refractivity contribution in [2.45, 2.75) is 59.1 Å². The largest absolute Gasteiger partial charge is 0.488 e. The molecule has 0 spiro atoms. The number of aliphatic imine (C=N–C) groups is 1. The Labute approximate surface area is 186 Å². The fourth-order valence-corrected chi connectivity index (χ4v) is 4.06. The first-order chi connectivity index (χ1) is 15.0. The highest BCUT2D eigenvalue weighted by Gasteiger charge is 2.21. The number of aryl methyl sites for hydroxylation is 1. The van der Waals surface area contributed by atoms with Crippen molar-refractivity contribution >= 4 is 11.9 Å². The van der Waals surface area contributed by atoms with Crippen molar-refractivity contribution in [2.24, 2.45) is 10.9 Å². The molecule has 0 bridgehead atoms. The highest BCUT2D eigenvalue weighted by molar-refractivity contribution is 5.81. The SMILES string of the molecule is CCNC(=NCc1ccc(C)cc1OC1CCOC1)NCCC(=O)N1CCCC(C)C1. The second-order valence-electron chi connectivity index (χ2n) is 8.67. The summed E-state index contributed by atoms with van der Waals surface area (Å²) in [5.41, 5.74) is 2.21.